The molecule has 20 heavy (non-hydrogen) atoms. The fourth-order valence-corrected chi connectivity index (χ4v) is 2.77. The molecule has 4 heteroatoms. The topological polar surface area (TPSA) is 38.3 Å². The SMILES string of the molecule is COCC(C)NC(=O)CSc1ccc2ccccc2c1. The molecule has 106 valence electrons. The van der Waals surface area contributed by atoms with Gasteiger partial charge in [0.15, 0.2) is 0 Å². The average Bonchev–Trinajstić information content (AvgIpc) is 2.45. The number of benzene rings is 2. The molecule has 0 aromatic heterocycles. The van der Waals surface area contributed by atoms with Gasteiger partial charge in [-0.1, -0.05) is 30.3 Å². The van der Waals surface area contributed by atoms with Crippen molar-refractivity contribution in [3.63, 3.8) is 0 Å². The second-order valence-electron chi connectivity index (χ2n) is 4.72. The first-order valence-corrected chi connectivity index (χ1v) is 7.57. The smallest absolute Gasteiger partial charge is 0.230 e. The van der Waals surface area contributed by atoms with Crippen LogP contribution in [0.3, 0.4) is 0 Å². The molecule has 1 N–H and O–H groups in total. The first-order valence-electron chi connectivity index (χ1n) is 6.59. The van der Waals surface area contributed by atoms with E-state index in [9.17, 15) is 4.79 Å². The molecule has 0 aliphatic rings. The standard InChI is InChI=1S/C16H19NO2S/c1-12(10-19-2)17-16(18)11-20-15-8-7-13-5-3-4-6-14(13)9-15/h3-9,12H,10-11H2,1-2H3,(H,17,18). The van der Waals surface area contributed by atoms with Crippen molar-refractivity contribution >= 4 is 28.4 Å². The Kier molecular flexibility index (Phi) is 5.44. The third kappa shape index (κ3) is 4.25. The van der Waals surface area contributed by atoms with Gasteiger partial charge >= 0.3 is 0 Å². The predicted molar refractivity (Wildman–Crippen MR) is 84.2 cm³/mol. The lowest BCUT2D eigenvalue weighted by Gasteiger charge is -2.12. The molecule has 2 aromatic carbocycles. The van der Waals surface area contributed by atoms with Crippen LogP contribution in [0.15, 0.2) is 47.4 Å². The molecule has 0 bridgehead atoms. The Bertz CT molecular complexity index is 585. The van der Waals surface area contributed by atoms with Crippen LogP contribution in [-0.4, -0.2) is 31.4 Å². The van der Waals surface area contributed by atoms with Gasteiger partial charge in [-0.25, -0.2) is 0 Å². The van der Waals surface area contributed by atoms with E-state index in [0.717, 1.165) is 4.90 Å². The Morgan fingerprint density at radius 1 is 1.25 bits per heavy atom. The van der Waals surface area contributed by atoms with Gasteiger partial charge in [-0.15, -0.1) is 11.8 Å². The predicted octanol–water partition coefficient (Wildman–Crippen LogP) is 3.08. The van der Waals surface area contributed by atoms with E-state index in [0.29, 0.717) is 12.4 Å². The van der Waals surface area contributed by atoms with E-state index in [2.05, 4.69) is 35.6 Å². The lowest BCUT2D eigenvalue weighted by Crippen LogP contribution is -2.36. The van der Waals surface area contributed by atoms with Crippen LogP contribution in [0.2, 0.25) is 0 Å². The Morgan fingerprint density at radius 3 is 2.75 bits per heavy atom. The number of thioether (sulfide) groups is 1. The summed E-state index contributed by atoms with van der Waals surface area (Å²) in [6.07, 6.45) is 0. The summed E-state index contributed by atoms with van der Waals surface area (Å²) >= 11 is 1.55. The number of amides is 1. The van der Waals surface area contributed by atoms with Crippen molar-refractivity contribution in [3.05, 3.63) is 42.5 Å². The van der Waals surface area contributed by atoms with Crippen LogP contribution >= 0.6 is 11.8 Å². The highest BCUT2D eigenvalue weighted by Gasteiger charge is 2.07. The Morgan fingerprint density at radius 2 is 2.00 bits per heavy atom. The molecule has 2 aromatic rings. The fourth-order valence-electron chi connectivity index (χ4n) is 2.01. The molecular formula is C16H19NO2S. The third-order valence-electron chi connectivity index (χ3n) is 2.91. The second kappa shape index (κ2) is 7.31. The van der Waals surface area contributed by atoms with Gasteiger partial charge in [0.1, 0.15) is 0 Å². The molecule has 0 aliphatic heterocycles. The van der Waals surface area contributed by atoms with Gasteiger partial charge in [0.25, 0.3) is 0 Å². The van der Waals surface area contributed by atoms with Crippen LogP contribution in [0.25, 0.3) is 10.8 Å². The quantitative estimate of drug-likeness (QED) is 0.831. The largest absolute Gasteiger partial charge is 0.383 e. The maximum absolute atomic E-state index is 11.8. The maximum Gasteiger partial charge on any atom is 0.230 e. The van der Waals surface area contributed by atoms with Crippen LogP contribution in [0.1, 0.15) is 6.92 Å². The van der Waals surface area contributed by atoms with Gasteiger partial charge < -0.3 is 10.1 Å². The number of methoxy groups -OCH3 is 1. The van der Waals surface area contributed by atoms with Crippen LogP contribution in [-0.2, 0) is 9.53 Å². The number of ether oxygens (including phenoxy) is 1. The van der Waals surface area contributed by atoms with Crippen LogP contribution < -0.4 is 5.32 Å². The average molecular weight is 289 g/mol. The summed E-state index contributed by atoms with van der Waals surface area (Å²) in [7, 11) is 1.63. The molecule has 0 saturated heterocycles. The van der Waals surface area contributed by atoms with E-state index in [1.54, 1.807) is 18.9 Å². The van der Waals surface area contributed by atoms with E-state index in [1.807, 2.05) is 19.1 Å². The van der Waals surface area contributed by atoms with E-state index in [-0.39, 0.29) is 11.9 Å². The zero-order chi connectivity index (χ0) is 14.4. The number of carbonyl (C=O) groups excluding carboxylic acids is 1. The maximum atomic E-state index is 11.8. The van der Waals surface area contributed by atoms with Crippen molar-refractivity contribution in [2.24, 2.45) is 0 Å². The van der Waals surface area contributed by atoms with Crippen molar-refractivity contribution in [2.75, 3.05) is 19.5 Å². The molecule has 0 radical (unpaired) electrons. The highest BCUT2D eigenvalue weighted by atomic mass is 32.2. The van der Waals surface area contributed by atoms with Crippen molar-refractivity contribution in [2.45, 2.75) is 17.9 Å². The van der Waals surface area contributed by atoms with E-state index < -0.39 is 0 Å². The minimum atomic E-state index is 0.0349. The van der Waals surface area contributed by atoms with Crippen LogP contribution in [0.4, 0.5) is 0 Å². The summed E-state index contributed by atoms with van der Waals surface area (Å²) in [6, 6.07) is 14.5. The van der Waals surface area contributed by atoms with Crippen molar-refractivity contribution in [1.82, 2.24) is 5.32 Å². The molecule has 1 amide bonds. The van der Waals surface area contributed by atoms with Crippen LogP contribution in [0.5, 0.6) is 0 Å². The highest BCUT2D eigenvalue weighted by molar-refractivity contribution is 8.00. The van der Waals surface area contributed by atoms with Gasteiger partial charge in [0, 0.05) is 18.0 Å². The highest BCUT2D eigenvalue weighted by Crippen LogP contribution is 2.23. The van der Waals surface area contributed by atoms with E-state index in [1.165, 1.54) is 10.8 Å². The number of rotatable bonds is 6. The molecule has 2 rings (SSSR count). The van der Waals surface area contributed by atoms with E-state index >= 15 is 0 Å². The zero-order valence-corrected chi connectivity index (χ0v) is 12.6. The molecule has 0 aliphatic carbocycles. The molecule has 3 nitrogen and oxygen atoms in total. The molecule has 0 heterocycles. The minimum Gasteiger partial charge on any atom is -0.383 e. The minimum absolute atomic E-state index is 0.0349. The Labute approximate surface area is 123 Å². The first kappa shape index (κ1) is 14.9. The molecule has 0 fully saturated rings. The van der Waals surface area contributed by atoms with Crippen molar-refractivity contribution < 1.29 is 9.53 Å². The number of fused-ring (bicyclic) bond motifs is 1. The normalized spacial score (nSPS) is 12.3. The monoisotopic (exact) mass is 289 g/mol. The summed E-state index contributed by atoms with van der Waals surface area (Å²) in [6.45, 7) is 2.47. The summed E-state index contributed by atoms with van der Waals surface area (Å²) in [4.78, 5) is 12.9. The van der Waals surface area contributed by atoms with Crippen molar-refractivity contribution in [3.8, 4) is 0 Å². The van der Waals surface area contributed by atoms with Gasteiger partial charge in [-0.2, -0.15) is 0 Å². The van der Waals surface area contributed by atoms with Crippen LogP contribution in [0, 0.1) is 0 Å². The van der Waals surface area contributed by atoms with Gasteiger partial charge in [0.2, 0.25) is 5.91 Å². The number of hydrogen-bond donors (Lipinski definition) is 1. The Hall–Kier alpha value is -1.52. The molecule has 0 saturated carbocycles. The number of nitrogens with one attached hydrogen (secondary N) is 1. The zero-order valence-electron chi connectivity index (χ0n) is 11.8. The lowest BCUT2D eigenvalue weighted by molar-refractivity contribution is -0.119. The molecule has 1 atom stereocenters. The summed E-state index contributed by atoms with van der Waals surface area (Å²) in [5.41, 5.74) is 0. The van der Waals surface area contributed by atoms with Gasteiger partial charge in [-0.05, 0) is 29.8 Å². The van der Waals surface area contributed by atoms with Gasteiger partial charge in [0.05, 0.1) is 12.4 Å². The molecular weight excluding hydrogens is 270 g/mol. The summed E-state index contributed by atoms with van der Waals surface area (Å²) < 4.78 is 4.99. The summed E-state index contributed by atoms with van der Waals surface area (Å²) in [5.74, 6) is 0.458. The van der Waals surface area contributed by atoms with Gasteiger partial charge in [-0.3, -0.25) is 4.79 Å². The lowest BCUT2D eigenvalue weighted by atomic mass is 10.1. The third-order valence-corrected chi connectivity index (χ3v) is 3.91. The summed E-state index contributed by atoms with van der Waals surface area (Å²) in [5, 5.41) is 5.32. The van der Waals surface area contributed by atoms with E-state index in [4.69, 9.17) is 4.74 Å². The number of carbonyl (C=O) groups is 1. The van der Waals surface area contributed by atoms with Crippen molar-refractivity contribution in [1.29, 1.82) is 0 Å². The number of hydrogen-bond acceptors (Lipinski definition) is 3. The molecule has 0 spiro atoms. The second-order valence-corrected chi connectivity index (χ2v) is 5.77. The fraction of sp³-hybridized carbons (Fsp3) is 0.312. The first-order chi connectivity index (χ1) is 9.69. The Balaban J connectivity index is 1.90. The molecule has 1 unspecified atom stereocenters.